The maximum atomic E-state index is 10.1. The molecule has 3 N–H and O–H groups in total. The number of nitrogens with two attached hydrogens (primary N) is 1. The Kier molecular flexibility index (Phi) is 10.1. The molecular weight excluding hydrogens is 186 g/mol. The first-order chi connectivity index (χ1) is 4.66. The molecule has 0 aromatic heterocycles. The lowest BCUT2D eigenvalue weighted by Gasteiger charge is -2.05. The molecule has 1 atom stereocenters. The molecule has 3 nitrogen and oxygen atoms in total. The van der Waals surface area contributed by atoms with Crippen LogP contribution in [-0.2, 0) is 4.79 Å². The smallest absolute Gasteiger partial charge is 0.304 e. The van der Waals surface area contributed by atoms with Crippen LogP contribution in [0, 0.1) is 0 Å². The van der Waals surface area contributed by atoms with Crippen LogP contribution in [0.3, 0.4) is 0 Å². The Morgan fingerprint density at radius 3 is 2.64 bits per heavy atom. The number of hydrogen-bond donors (Lipinski definition) is 2. The molecule has 0 amide bonds. The number of aliphatic carboxylic acids is 1. The van der Waals surface area contributed by atoms with Crippen LogP contribution in [-0.4, -0.2) is 29.1 Å². The number of rotatable bonds is 5. The highest BCUT2D eigenvalue weighted by atomic mass is 35.5. The lowest BCUT2D eigenvalue weighted by atomic mass is 10.2. The monoisotopic (exact) mass is 199 g/mol. The summed E-state index contributed by atoms with van der Waals surface area (Å²) in [5.74, 6) is 0.127. The van der Waals surface area contributed by atoms with Crippen molar-refractivity contribution in [2.45, 2.75) is 18.9 Å². The Balaban J connectivity index is 0. The number of carboxylic acid groups (broad SMARTS) is 1. The van der Waals surface area contributed by atoms with Crippen LogP contribution in [0.4, 0.5) is 0 Å². The van der Waals surface area contributed by atoms with Gasteiger partial charge in [0.2, 0.25) is 0 Å². The molecule has 0 bridgehead atoms. The Hall–Kier alpha value is 0.0700. The number of hydrogen-bond acceptors (Lipinski definition) is 3. The molecule has 0 radical (unpaired) electrons. The average Bonchev–Trinajstić information content (AvgIpc) is 1.82. The first-order valence-corrected chi connectivity index (χ1v) is 4.52. The van der Waals surface area contributed by atoms with Crippen molar-refractivity contribution in [1.29, 1.82) is 0 Å². The third-order valence-corrected chi connectivity index (χ3v) is 1.77. The molecule has 5 heteroatoms. The maximum absolute atomic E-state index is 10.1. The Morgan fingerprint density at radius 1 is 1.73 bits per heavy atom. The zero-order valence-electron chi connectivity index (χ0n) is 6.45. The highest BCUT2D eigenvalue weighted by molar-refractivity contribution is 7.98. The van der Waals surface area contributed by atoms with E-state index in [1.165, 1.54) is 0 Å². The fourth-order valence-electron chi connectivity index (χ4n) is 0.596. The van der Waals surface area contributed by atoms with Crippen molar-refractivity contribution in [3.05, 3.63) is 0 Å². The molecule has 0 saturated carbocycles. The van der Waals surface area contributed by atoms with Crippen LogP contribution < -0.4 is 5.73 Å². The van der Waals surface area contributed by atoms with Gasteiger partial charge >= 0.3 is 5.97 Å². The van der Waals surface area contributed by atoms with Crippen molar-refractivity contribution in [1.82, 2.24) is 0 Å². The topological polar surface area (TPSA) is 63.3 Å². The standard InChI is InChI=1S/C6H13NO2S.ClH/c1-10-3-2-5(7)4-6(8)9;/h5H,2-4,7H2,1H3,(H,8,9);1H. The predicted molar refractivity (Wildman–Crippen MR) is 50.5 cm³/mol. The van der Waals surface area contributed by atoms with Crippen LogP contribution in [0.15, 0.2) is 0 Å². The van der Waals surface area contributed by atoms with Gasteiger partial charge in [-0.05, 0) is 18.4 Å². The number of thioether (sulfide) groups is 1. The van der Waals surface area contributed by atoms with E-state index >= 15 is 0 Å². The molecule has 68 valence electrons. The summed E-state index contributed by atoms with van der Waals surface area (Å²) in [5, 5.41) is 8.30. The Bertz CT molecular complexity index is 113. The van der Waals surface area contributed by atoms with Gasteiger partial charge in [0.25, 0.3) is 0 Å². The van der Waals surface area contributed by atoms with E-state index in [4.69, 9.17) is 10.8 Å². The van der Waals surface area contributed by atoms with Gasteiger partial charge < -0.3 is 10.8 Å². The molecule has 0 saturated heterocycles. The molecule has 0 rings (SSSR count). The van der Waals surface area contributed by atoms with Crippen molar-refractivity contribution in [3.8, 4) is 0 Å². The van der Waals surface area contributed by atoms with Gasteiger partial charge in [0, 0.05) is 6.04 Å². The van der Waals surface area contributed by atoms with E-state index in [0.717, 1.165) is 12.2 Å². The van der Waals surface area contributed by atoms with E-state index in [2.05, 4.69) is 0 Å². The van der Waals surface area contributed by atoms with E-state index in [-0.39, 0.29) is 24.9 Å². The van der Waals surface area contributed by atoms with E-state index in [1.807, 2.05) is 6.26 Å². The molecule has 0 aliphatic carbocycles. The van der Waals surface area contributed by atoms with Gasteiger partial charge in [-0.15, -0.1) is 12.4 Å². The molecule has 0 aromatic carbocycles. The van der Waals surface area contributed by atoms with Crippen LogP contribution in [0.2, 0.25) is 0 Å². The molecule has 0 spiro atoms. The second-order valence-corrected chi connectivity index (χ2v) is 3.13. The third-order valence-electron chi connectivity index (χ3n) is 1.13. The molecular formula is C6H14ClNO2S. The van der Waals surface area contributed by atoms with E-state index in [9.17, 15) is 4.79 Å². The van der Waals surface area contributed by atoms with E-state index in [1.54, 1.807) is 11.8 Å². The highest BCUT2D eigenvalue weighted by Gasteiger charge is 2.06. The Morgan fingerprint density at radius 2 is 2.27 bits per heavy atom. The zero-order chi connectivity index (χ0) is 7.98. The van der Waals surface area contributed by atoms with Crippen molar-refractivity contribution >= 4 is 30.1 Å². The number of carbonyl (C=O) groups is 1. The summed E-state index contributed by atoms with van der Waals surface area (Å²) < 4.78 is 0. The number of carboxylic acids is 1. The van der Waals surface area contributed by atoms with Gasteiger partial charge in [-0.2, -0.15) is 11.8 Å². The largest absolute Gasteiger partial charge is 0.481 e. The highest BCUT2D eigenvalue weighted by Crippen LogP contribution is 2.01. The van der Waals surface area contributed by atoms with Crippen LogP contribution >= 0.6 is 24.2 Å². The van der Waals surface area contributed by atoms with Gasteiger partial charge in [0.1, 0.15) is 0 Å². The molecule has 11 heavy (non-hydrogen) atoms. The van der Waals surface area contributed by atoms with Crippen molar-refractivity contribution in [2.24, 2.45) is 5.73 Å². The summed E-state index contributed by atoms with van der Waals surface area (Å²) in [7, 11) is 0. The van der Waals surface area contributed by atoms with Gasteiger partial charge in [-0.25, -0.2) is 0 Å². The van der Waals surface area contributed by atoms with Gasteiger partial charge in [-0.3, -0.25) is 4.79 Å². The summed E-state index contributed by atoms with van der Waals surface area (Å²) in [6.07, 6.45) is 2.85. The zero-order valence-corrected chi connectivity index (χ0v) is 8.08. The van der Waals surface area contributed by atoms with Crippen molar-refractivity contribution in [2.75, 3.05) is 12.0 Å². The fraction of sp³-hybridized carbons (Fsp3) is 0.833. The lowest BCUT2D eigenvalue weighted by Crippen LogP contribution is -2.24. The van der Waals surface area contributed by atoms with Crippen molar-refractivity contribution < 1.29 is 9.90 Å². The second kappa shape index (κ2) is 8.17. The minimum atomic E-state index is -0.811. The van der Waals surface area contributed by atoms with Gasteiger partial charge in [0.05, 0.1) is 6.42 Å². The molecule has 0 aliphatic rings. The molecule has 0 heterocycles. The summed E-state index contributed by atoms with van der Waals surface area (Å²) in [4.78, 5) is 10.1. The van der Waals surface area contributed by atoms with Crippen molar-refractivity contribution in [3.63, 3.8) is 0 Å². The molecule has 1 unspecified atom stereocenters. The SMILES string of the molecule is CSCCC(N)CC(=O)O.Cl. The summed E-state index contributed by atoms with van der Waals surface area (Å²) in [5.41, 5.74) is 5.47. The second-order valence-electron chi connectivity index (χ2n) is 2.14. The fourth-order valence-corrected chi connectivity index (χ4v) is 1.13. The summed E-state index contributed by atoms with van der Waals surface area (Å²) in [6, 6.07) is -0.176. The molecule has 0 aliphatic heterocycles. The lowest BCUT2D eigenvalue weighted by molar-refractivity contribution is -0.137. The molecule has 0 aromatic rings. The minimum absolute atomic E-state index is 0. The van der Waals surface area contributed by atoms with E-state index in [0.29, 0.717) is 0 Å². The van der Waals surface area contributed by atoms with Gasteiger partial charge in [-0.1, -0.05) is 0 Å². The van der Waals surface area contributed by atoms with Crippen LogP contribution in [0.25, 0.3) is 0 Å². The first kappa shape index (κ1) is 13.6. The quantitative estimate of drug-likeness (QED) is 0.693. The van der Waals surface area contributed by atoms with Crippen LogP contribution in [0.1, 0.15) is 12.8 Å². The number of halogens is 1. The Labute approximate surface area is 77.1 Å². The minimum Gasteiger partial charge on any atom is -0.481 e. The van der Waals surface area contributed by atoms with E-state index < -0.39 is 5.97 Å². The summed E-state index contributed by atoms with van der Waals surface area (Å²) >= 11 is 1.68. The molecule has 0 fully saturated rings. The third kappa shape index (κ3) is 10.1. The average molecular weight is 200 g/mol. The maximum Gasteiger partial charge on any atom is 0.304 e. The normalized spacial score (nSPS) is 11.8. The van der Waals surface area contributed by atoms with Crippen LogP contribution in [0.5, 0.6) is 0 Å². The van der Waals surface area contributed by atoms with Gasteiger partial charge in [0.15, 0.2) is 0 Å². The first-order valence-electron chi connectivity index (χ1n) is 3.13. The summed E-state index contributed by atoms with van der Waals surface area (Å²) in [6.45, 7) is 0. The predicted octanol–water partition coefficient (Wildman–Crippen LogP) is 0.963.